The first-order chi connectivity index (χ1) is 15.2. The number of nitrogens with zero attached hydrogens (tertiary/aromatic N) is 2. The molecular formula is C24H32N4O2S. The van der Waals surface area contributed by atoms with Crippen molar-refractivity contribution in [3.63, 3.8) is 0 Å². The van der Waals surface area contributed by atoms with Crippen LogP contribution in [0.5, 0.6) is 0 Å². The van der Waals surface area contributed by atoms with E-state index in [2.05, 4.69) is 44.9 Å². The molecule has 2 N–H and O–H groups in total. The van der Waals surface area contributed by atoms with Crippen LogP contribution in [0.4, 0.5) is 5.69 Å². The van der Waals surface area contributed by atoms with E-state index in [0.717, 1.165) is 39.0 Å². The Morgan fingerprint density at radius 1 is 0.903 bits per heavy atom. The van der Waals surface area contributed by atoms with E-state index in [-0.39, 0.29) is 11.8 Å². The zero-order chi connectivity index (χ0) is 21.5. The number of hydrogen-bond donors (Lipinski definition) is 2. The van der Waals surface area contributed by atoms with Crippen LogP contribution in [-0.4, -0.2) is 49.4 Å². The number of benzene rings is 1. The van der Waals surface area contributed by atoms with Crippen LogP contribution in [0.1, 0.15) is 52.2 Å². The maximum absolute atomic E-state index is 12.5. The van der Waals surface area contributed by atoms with Crippen molar-refractivity contribution in [2.24, 2.45) is 0 Å². The van der Waals surface area contributed by atoms with E-state index in [0.29, 0.717) is 17.8 Å². The van der Waals surface area contributed by atoms with Crippen molar-refractivity contribution in [1.29, 1.82) is 0 Å². The van der Waals surface area contributed by atoms with E-state index < -0.39 is 0 Å². The van der Waals surface area contributed by atoms with Gasteiger partial charge in [0.2, 0.25) is 5.91 Å². The molecule has 0 bridgehead atoms. The van der Waals surface area contributed by atoms with Crippen LogP contribution >= 0.6 is 11.3 Å². The summed E-state index contributed by atoms with van der Waals surface area (Å²) in [6, 6.07) is 12.5. The third-order valence-electron chi connectivity index (χ3n) is 6.18. The van der Waals surface area contributed by atoms with Crippen LogP contribution in [0, 0.1) is 0 Å². The fourth-order valence-corrected chi connectivity index (χ4v) is 5.48. The Morgan fingerprint density at radius 3 is 2.42 bits per heavy atom. The Hall–Kier alpha value is -2.38. The maximum Gasteiger partial charge on any atom is 0.279 e. The molecule has 1 saturated heterocycles. The van der Waals surface area contributed by atoms with E-state index in [1.165, 1.54) is 41.8 Å². The van der Waals surface area contributed by atoms with Crippen LogP contribution in [-0.2, 0) is 17.6 Å². The molecule has 0 atom stereocenters. The van der Waals surface area contributed by atoms with Gasteiger partial charge in [-0.1, -0.05) is 31.0 Å². The number of rotatable bonds is 5. The van der Waals surface area contributed by atoms with Crippen LogP contribution in [0.3, 0.4) is 0 Å². The Balaban J connectivity index is 1.17. The molecule has 2 aromatic rings. The molecule has 0 unspecified atom stereocenters. The highest BCUT2D eigenvalue weighted by Crippen LogP contribution is 2.28. The number of thiophene rings is 1. The minimum Gasteiger partial charge on any atom is -0.369 e. The molecule has 1 fully saturated rings. The van der Waals surface area contributed by atoms with Gasteiger partial charge >= 0.3 is 0 Å². The normalized spacial score (nSPS) is 17.4. The van der Waals surface area contributed by atoms with Gasteiger partial charge in [0.05, 0.1) is 4.88 Å². The first kappa shape index (κ1) is 21.8. The van der Waals surface area contributed by atoms with E-state index in [9.17, 15) is 9.59 Å². The lowest BCUT2D eigenvalue weighted by molar-refractivity contribution is -0.122. The number of nitrogens with one attached hydrogen (secondary N) is 2. The van der Waals surface area contributed by atoms with Crippen molar-refractivity contribution in [1.82, 2.24) is 15.8 Å². The summed E-state index contributed by atoms with van der Waals surface area (Å²) in [6.45, 7) is 4.51. The first-order valence-electron chi connectivity index (χ1n) is 11.4. The van der Waals surface area contributed by atoms with Gasteiger partial charge in [-0.15, -0.1) is 11.3 Å². The average molecular weight is 441 g/mol. The molecule has 1 aromatic heterocycles. The van der Waals surface area contributed by atoms with Gasteiger partial charge in [-0.3, -0.25) is 25.3 Å². The Morgan fingerprint density at radius 2 is 1.65 bits per heavy atom. The highest BCUT2D eigenvalue weighted by atomic mass is 32.1. The van der Waals surface area contributed by atoms with Crippen molar-refractivity contribution in [2.45, 2.75) is 44.9 Å². The topological polar surface area (TPSA) is 64.7 Å². The van der Waals surface area contributed by atoms with Gasteiger partial charge in [-0.25, -0.2) is 0 Å². The van der Waals surface area contributed by atoms with Crippen LogP contribution in [0.2, 0.25) is 0 Å². The highest BCUT2D eigenvalue weighted by molar-refractivity contribution is 7.14. The molecule has 31 heavy (non-hydrogen) atoms. The molecular weight excluding hydrogens is 408 g/mol. The summed E-state index contributed by atoms with van der Waals surface area (Å²) in [6.07, 6.45) is 7.45. The predicted molar refractivity (Wildman–Crippen MR) is 126 cm³/mol. The predicted octanol–water partition coefficient (Wildman–Crippen LogP) is 3.38. The zero-order valence-electron chi connectivity index (χ0n) is 18.1. The lowest BCUT2D eigenvalue weighted by Gasteiger charge is -2.36. The van der Waals surface area contributed by atoms with Crippen LogP contribution < -0.4 is 15.8 Å². The van der Waals surface area contributed by atoms with Gasteiger partial charge in [0.1, 0.15) is 0 Å². The second-order valence-corrected chi connectivity index (χ2v) is 9.53. The summed E-state index contributed by atoms with van der Waals surface area (Å²) in [5.74, 6) is -0.352. The Labute approximate surface area is 188 Å². The minimum absolute atomic E-state index is 0.145. The van der Waals surface area contributed by atoms with Crippen molar-refractivity contribution in [3.8, 4) is 0 Å². The monoisotopic (exact) mass is 440 g/mol. The standard InChI is InChI=1S/C24H32N4O2S/c29-23(12-13-27-14-16-28(17-15-27)20-9-5-3-6-10-20)25-26-24(30)22-18-19-8-4-1-2-7-11-21(19)31-22/h3,5-6,9-10,18H,1-2,4,7-8,11-17H2,(H,25,29)(H,26,30). The summed E-state index contributed by atoms with van der Waals surface area (Å²) in [4.78, 5) is 31.4. The molecule has 7 heteroatoms. The molecule has 4 rings (SSSR count). The molecule has 0 radical (unpaired) electrons. The first-order valence-corrected chi connectivity index (χ1v) is 12.2. The molecule has 6 nitrogen and oxygen atoms in total. The van der Waals surface area contributed by atoms with E-state index in [1.54, 1.807) is 11.3 Å². The lowest BCUT2D eigenvalue weighted by atomic mass is 10.00. The van der Waals surface area contributed by atoms with Crippen molar-refractivity contribution in [2.75, 3.05) is 37.6 Å². The third-order valence-corrected chi connectivity index (χ3v) is 7.42. The number of para-hydroxylation sites is 1. The number of carbonyl (C=O) groups excluding carboxylic acids is 2. The Bertz CT molecular complexity index is 849. The summed E-state index contributed by atoms with van der Waals surface area (Å²) in [5, 5.41) is 0. The zero-order valence-corrected chi connectivity index (χ0v) is 18.9. The molecule has 0 spiro atoms. The summed E-state index contributed by atoms with van der Waals surface area (Å²) < 4.78 is 0. The van der Waals surface area contributed by atoms with Gasteiger partial charge in [-0.05, 0) is 49.4 Å². The second kappa shape index (κ2) is 10.8. The van der Waals surface area contributed by atoms with Crippen LogP contribution in [0.15, 0.2) is 36.4 Å². The fourth-order valence-electron chi connectivity index (χ4n) is 4.33. The molecule has 2 amide bonds. The number of hydrazine groups is 1. The fraction of sp³-hybridized carbons (Fsp3) is 0.500. The number of carbonyl (C=O) groups is 2. The van der Waals surface area contributed by atoms with E-state index >= 15 is 0 Å². The summed E-state index contributed by atoms with van der Waals surface area (Å²) in [5.41, 5.74) is 7.76. The van der Waals surface area contributed by atoms with Gasteiger partial charge < -0.3 is 4.90 Å². The molecule has 0 saturated carbocycles. The van der Waals surface area contributed by atoms with Crippen LogP contribution in [0.25, 0.3) is 0 Å². The third kappa shape index (κ3) is 6.08. The van der Waals surface area contributed by atoms with Crippen molar-refractivity contribution in [3.05, 3.63) is 51.7 Å². The highest BCUT2D eigenvalue weighted by Gasteiger charge is 2.19. The number of piperazine rings is 1. The summed E-state index contributed by atoms with van der Waals surface area (Å²) in [7, 11) is 0. The minimum atomic E-state index is -0.207. The maximum atomic E-state index is 12.5. The second-order valence-electron chi connectivity index (χ2n) is 8.39. The number of anilines is 1. The molecule has 2 heterocycles. The Kier molecular flexibility index (Phi) is 7.59. The summed E-state index contributed by atoms with van der Waals surface area (Å²) >= 11 is 1.58. The van der Waals surface area contributed by atoms with Gasteiger partial charge in [-0.2, -0.15) is 0 Å². The largest absolute Gasteiger partial charge is 0.369 e. The van der Waals surface area contributed by atoms with Crippen molar-refractivity contribution < 1.29 is 9.59 Å². The van der Waals surface area contributed by atoms with Gasteiger partial charge in [0.15, 0.2) is 0 Å². The SMILES string of the molecule is O=C(CCN1CCN(c2ccccc2)CC1)NNC(=O)c1cc2c(s1)CCCCCC2. The van der Waals surface area contributed by atoms with E-state index in [4.69, 9.17) is 0 Å². The quantitative estimate of drug-likeness (QED) is 0.700. The van der Waals surface area contributed by atoms with Gasteiger partial charge in [0, 0.05) is 49.7 Å². The van der Waals surface area contributed by atoms with E-state index in [1.807, 2.05) is 12.1 Å². The number of aryl methyl sites for hydroxylation is 2. The van der Waals surface area contributed by atoms with Crippen molar-refractivity contribution >= 4 is 28.8 Å². The molecule has 166 valence electrons. The molecule has 1 aromatic carbocycles. The lowest BCUT2D eigenvalue weighted by Crippen LogP contribution is -2.48. The number of amides is 2. The molecule has 1 aliphatic heterocycles. The number of fused-ring (bicyclic) bond motifs is 1. The molecule has 2 aliphatic rings. The average Bonchev–Trinajstić information content (AvgIpc) is 3.19. The number of hydrogen-bond acceptors (Lipinski definition) is 5. The smallest absolute Gasteiger partial charge is 0.279 e. The molecule has 1 aliphatic carbocycles. The van der Waals surface area contributed by atoms with Gasteiger partial charge in [0.25, 0.3) is 5.91 Å².